The van der Waals surface area contributed by atoms with Crippen molar-refractivity contribution in [1.29, 1.82) is 0 Å². The van der Waals surface area contributed by atoms with E-state index < -0.39 is 5.97 Å². The number of ether oxygens (including phenoxy) is 2. The number of hydrogen-bond donors (Lipinski definition) is 0. The molecule has 0 amide bonds. The molecule has 1 aromatic heterocycles. The number of rotatable bonds is 4. The molecule has 1 aliphatic rings. The first-order valence-electron chi connectivity index (χ1n) is 7.53. The van der Waals surface area contributed by atoms with Gasteiger partial charge in [-0.1, -0.05) is 23.7 Å². The van der Waals surface area contributed by atoms with Crippen molar-refractivity contribution in [2.75, 3.05) is 19.8 Å². The topological polar surface area (TPSA) is 48.4 Å². The number of benzene rings is 1. The second-order valence-electron chi connectivity index (χ2n) is 5.54. The van der Waals surface area contributed by atoms with E-state index in [2.05, 4.69) is 4.98 Å². The summed E-state index contributed by atoms with van der Waals surface area (Å²) in [5.74, 6) is 0.100. The Bertz CT molecular complexity index is 668. The number of nitrogens with zero attached hydrogens (tertiary/aromatic N) is 1. The van der Waals surface area contributed by atoms with Crippen molar-refractivity contribution >= 4 is 28.5 Å². The number of pyridine rings is 1. The molecule has 1 aromatic carbocycles. The molecule has 22 heavy (non-hydrogen) atoms. The van der Waals surface area contributed by atoms with Gasteiger partial charge < -0.3 is 9.47 Å². The molecule has 2 heterocycles. The summed E-state index contributed by atoms with van der Waals surface area (Å²) >= 11 is 5.95. The molecule has 0 aliphatic carbocycles. The molecule has 4 nitrogen and oxygen atoms in total. The molecule has 1 atom stereocenters. The predicted molar refractivity (Wildman–Crippen MR) is 85.2 cm³/mol. The lowest BCUT2D eigenvalue weighted by atomic mass is 9.99. The summed E-state index contributed by atoms with van der Waals surface area (Å²) in [4.78, 5) is 16.4. The molecule has 3 rings (SSSR count). The third-order valence-electron chi connectivity index (χ3n) is 3.88. The normalized spacial score (nSPS) is 18.3. The second-order valence-corrected chi connectivity index (χ2v) is 5.98. The van der Waals surface area contributed by atoms with E-state index in [-0.39, 0.29) is 0 Å². The van der Waals surface area contributed by atoms with E-state index in [0.29, 0.717) is 28.8 Å². The minimum atomic E-state index is -0.390. The molecule has 0 saturated carbocycles. The Kier molecular flexibility index (Phi) is 4.90. The van der Waals surface area contributed by atoms with Gasteiger partial charge in [0.15, 0.2) is 0 Å². The summed E-state index contributed by atoms with van der Waals surface area (Å²) in [5.41, 5.74) is 1.01. The smallest absolute Gasteiger partial charge is 0.356 e. The van der Waals surface area contributed by atoms with Crippen molar-refractivity contribution in [3.63, 3.8) is 0 Å². The van der Waals surface area contributed by atoms with Gasteiger partial charge in [0.1, 0.15) is 5.69 Å². The van der Waals surface area contributed by atoms with Crippen LogP contribution < -0.4 is 0 Å². The molecular weight excluding hydrogens is 302 g/mol. The van der Waals surface area contributed by atoms with Crippen LogP contribution in [-0.2, 0) is 9.47 Å². The Morgan fingerprint density at radius 1 is 1.36 bits per heavy atom. The number of hydrogen-bond acceptors (Lipinski definition) is 4. The highest BCUT2D eigenvalue weighted by molar-refractivity contribution is 6.31. The third-order valence-corrected chi connectivity index (χ3v) is 4.11. The van der Waals surface area contributed by atoms with Gasteiger partial charge in [0.25, 0.3) is 0 Å². The maximum absolute atomic E-state index is 12.1. The van der Waals surface area contributed by atoms with E-state index in [4.69, 9.17) is 21.1 Å². The Morgan fingerprint density at radius 3 is 3.05 bits per heavy atom. The molecule has 0 bridgehead atoms. The van der Waals surface area contributed by atoms with Gasteiger partial charge in [-0.15, -0.1) is 0 Å². The number of fused-ring (bicyclic) bond motifs is 1. The van der Waals surface area contributed by atoms with Crippen LogP contribution in [0.15, 0.2) is 30.3 Å². The lowest BCUT2D eigenvalue weighted by Crippen LogP contribution is -2.19. The molecule has 2 aromatic rings. The lowest BCUT2D eigenvalue weighted by molar-refractivity contribution is 0.0288. The number of aromatic nitrogens is 1. The molecule has 0 radical (unpaired) electrons. The van der Waals surface area contributed by atoms with Crippen molar-refractivity contribution < 1.29 is 14.3 Å². The van der Waals surface area contributed by atoms with E-state index >= 15 is 0 Å². The Morgan fingerprint density at radius 2 is 2.23 bits per heavy atom. The first-order chi connectivity index (χ1) is 10.7. The first-order valence-corrected chi connectivity index (χ1v) is 7.91. The van der Waals surface area contributed by atoms with Crippen molar-refractivity contribution in [2.24, 2.45) is 5.92 Å². The molecular formula is C17H18ClNO3. The van der Waals surface area contributed by atoms with Crippen LogP contribution in [0.4, 0.5) is 0 Å². The molecule has 0 N–H and O–H groups in total. The highest BCUT2D eigenvalue weighted by atomic mass is 35.5. The molecule has 1 fully saturated rings. The lowest BCUT2D eigenvalue weighted by Gasteiger charge is -2.21. The van der Waals surface area contributed by atoms with Gasteiger partial charge in [-0.3, -0.25) is 0 Å². The van der Waals surface area contributed by atoms with Gasteiger partial charge in [0.2, 0.25) is 0 Å². The summed E-state index contributed by atoms with van der Waals surface area (Å²) in [5, 5.41) is 1.54. The van der Waals surface area contributed by atoms with Crippen molar-refractivity contribution in [1.82, 2.24) is 4.98 Å². The fourth-order valence-electron chi connectivity index (χ4n) is 2.63. The number of halogens is 1. The highest BCUT2D eigenvalue weighted by Crippen LogP contribution is 2.19. The molecule has 1 unspecified atom stereocenters. The minimum Gasteiger partial charge on any atom is -0.461 e. The average molecular weight is 320 g/mol. The predicted octanol–water partition coefficient (Wildman–Crippen LogP) is 3.86. The van der Waals surface area contributed by atoms with Crippen molar-refractivity contribution in [3.8, 4) is 0 Å². The van der Waals surface area contributed by atoms with Crippen LogP contribution in [0.1, 0.15) is 29.8 Å². The summed E-state index contributed by atoms with van der Waals surface area (Å²) in [6, 6.07) is 8.96. The Balaban J connectivity index is 1.59. The maximum atomic E-state index is 12.1. The molecule has 1 aliphatic heterocycles. The fourth-order valence-corrected chi connectivity index (χ4v) is 2.80. The third kappa shape index (κ3) is 3.76. The first kappa shape index (κ1) is 15.3. The number of carbonyl (C=O) groups is 1. The molecule has 5 heteroatoms. The number of esters is 1. The molecule has 0 spiro atoms. The van der Waals surface area contributed by atoms with Gasteiger partial charge in [0, 0.05) is 23.6 Å². The molecule has 1 saturated heterocycles. The summed E-state index contributed by atoms with van der Waals surface area (Å²) in [7, 11) is 0. The van der Waals surface area contributed by atoms with Gasteiger partial charge >= 0.3 is 5.97 Å². The zero-order valence-corrected chi connectivity index (χ0v) is 13.0. The average Bonchev–Trinajstić information content (AvgIpc) is 2.55. The zero-order chi connectivity index (χ0) is 15.4. The van der Waals surface area contributed by atoms with Crippen LogP contribution in [0.2, 0.25) is 5.02 Å². The minimum absolute atomic E-state index is 0.315. The van der Waals surface area contributed by atoms with Crippen molar-refractivity contribution in [2.45, 2.75) is 19.3 Å². The Labute approximate surface area is 134 Å². The van der Waals surface area contributed by atoms with Crippen LogP contribution in [0, 0.1) is 5.92 Å². The quantitative estimate of drug-likeness (QED) is 0.803. The summed E-state index contributed by atoms with van der Waals surface area (Å²) in [6.45, 7) is 2.02. The highest BCUT2D eigenvalue weighted by Gasteiger charge is 2.15. The van der Waals surface area contributed by atoms with Crippen LogP contribution in [-0.4, -0.2) is 30.8 Å². The number of carbonyl (C=O) groups excluding carboxylic acids is 1. The van der Waals surface area contributed by atoms with Crippen LogP contribution in [0.3, 0.4) is 0 Å². The van der Waals surface area contributed by atoms with Gasteiger partial charge in [0.05, 0.1) is 12.1 Å². The molecule has 116 valence electrons. The van der Waals surface area contributed by atoms with E-state index in [9.17, 15) is 4.79 Å². The van der Waals surface area contributed by atoms with E-state index in [1.165, 1.54) is 0 Å². The van der Waals surface area contributed by atoms with Gasteiger partial charge in [-0.25, -0.2) is 9.78 Å². The second kappa shape index (κ2) is 7.07. The monoisotopic (exact) mass is 319 g/mol. The zero-order valence-electron chi connectivity index (χ0n) is 12.3. The van der Waals surface area contributed by atoms with Crippen LogP contribution in [0.5, 0.6) is 0 Å². The standard InChI is InChI=1S/C17H18ClNO3/c18-14-5-3-13-4-6-15(19-16(13)10-14)17(20)22-9-7-12-2-1-8-21-11-12/h3-6,10,12H,1-2,7-9,11H2. The van der Waals surface area contributed by atoms with E-state index in [1.807, 2.05) is 12.1 Å². The van der Waals surface area contributed by atoms with Gasteiger partial charge in [-0.05, 0) is 43.4 Å². The van der Waals surface area contributed by atoms with Crippen LogP contribution >= 0.6 is 11.6 Å². The Hall–Kier alpha value is -1.65. The summed E-state index contributed by atoms with van der Waals surface area (Å²) < 4.78 is 10.7. The van der Waals surface area contributed by atoms with E-state index in [1.54, 1.807) is 18.2 Å². The van der Waals surface area contributed by atoms with Crippen LogP contribution in [0.25, 0.3) is 10.9 Å². The summed E-state index contributed by atoms with van der Waals surface area (Å²) in [6.07, 6.45) is 3.07. The maximum Gasteiger partial charge on any atom is 0.356 e. The van der Waals surface area contributed by atoms with Gasteiger partial charge in [-0.2, -0.15) is 0 Å². The largest absolute Gasteiger partial charge is 0.461 e. The SMILES string of the molecule is O=C(OCCC1CCCOC1)c1ccc2ccc(Cl)cc2n1. The fraction of sp³-hybridized carbons (Fsp3) is 0.412. The van der Waals surface area contributed by atoms with E-state index in [0.717, 1.165) is 37.9 Å². The van der Waals surface area contributed by atoms with Crippen molar-refractivity contribution in [3.05, 3.63) is 41.0 Å².